The minimum atomic E-state index is 0.688. The molecule has 3 heteroatoms. The van der Waals surface area contributed by atoms with Gasteiger partial charge in [0.05, 0.1) is 6.42 Å². The average Bonchev–Trinajstić information content (AvgIpc) is 2.46. The van der Waals surface area contributed by atoms with Gasteiger partial charge in [0.2, 0.25) is 0 Å². The molecule has 0 fully saturated rings. The molecule has 0 bridgehead atoms. The predicted octanol–water partition coefficient (Wildman–Crippen LogP) is 3.02. The molecule has 1 aromatic rings. The standard InChI is InChI=1S/C15H17N3/c1-2-18(12-13-6-4-3-5-7-13)15-10-8-14(17-16)9-11-15/h3-8,10-11H,2,9,12H2,1H3. The third-order valence-electron chi connectivity index (χ3n) is 3.06. The van der Waals surface area contributed by atoms with Crippen molar-refractivity contribution in [1.29, 1.82) is 0 Å². The number of allylic oxidation sites excluding steroid dienone is 3. The molecule has 0 amide bonds. The first-order chi connectivity index (χ1) is 8.83. The van der Waals surface area contributed by atoms with Crippen LogP contribution in [-0.4, -0.2) is 21.9 Å². The van der Waals surface area contributed by atoms with Gasteiger partial charge in [-0.1, -0.05) is 30.3 Å². The lowest BCUT2D eigenvalue weighted by Crippen LogP contribution is -2.22. The van der Waals surface area contributed by atoms with Crippen molar-refractivity contribution in [2.75, 3.05) is 6.54 Å². The maximum Gasteiger partial charge on any atom is 0.295 e. The van der Waals surface area contributed by atoms with Crippen LogP contribution in [0.5, 0.6) is 0 Å². The number of likely N-dealkylation sites (N-methyl/N-ethyl adjacent to an activating group) is 1. The van der Waals surface area contributed by atoms with Crippen LogP contribution >= 0.6 is 0 Å². The zero-order chi connectivity index (χ0) is 12.8. The molecule has 0 saturated heterocycles. The fourth-order valence-electron chi connectivity index (χ4n) is 2.02. The normalized spacial score (nSPS) is 14.1. The Morgan fingerprint density at radius 2 is 2.00 bits per heavy atom. The van der Waals surface area contributed by atoms with Gasteiger partial charge < -0.3 is 10.4 Å². The molecule has 0 aliphatic heterocycles. The maximum atomic E-state index is 8.70. The Morgan fingerprint density at radius 1 is 1.22 bits per heavy atom. The zero-order valence-electron chi connectivity index (χ0n) is 10.6. The van der Waals surface area contributed by atoms with Crippen LogP contribution < -0.4 is 0 Å². The van der Waals surface area contributed by atoms with E-state index in [-0.39, 0.29) is 0 Å². The monoisotopic (exact) mass is 239 g/mol. The maximum absolute atomic E-state index is 8.70. The van der Waals surface area contributed by atoms with E-state index in [2.05, 4.69) is 47.0 Å². The lowest BCUT2D eigenvalue weighted by Gasteiger charge is -2.25. The molecular weight excluding hydrogens is 222 g/mol. The molecule has 1 aliphatic rings. The topological polar surface area (TPSA) is 39.6 Å². The molecule has 2 rings (SSSR count). The zero-order valence-corrected chi connectivity index (χ0v) is 10.6. The van der Waals surface area contributed by atoms with Crippen molar-refractivity contribution in [3.63, 3.8) is 0 Å². The highest BCUT2D eigenvalue weighted by atomic mass is 15.1. The minimum Gasteiger partial charge on any atom is -0.368 e. The fourth-order valence-corrected chi connectivity index (χ4v) is 2.02. The second-order valence-electron chi connectivity index (χ2n) is 4.26. The van der Waals surface area contributed by atoms with Crippen LogP contribution in [0, 0.1) is 0 Å². The van der Waals surface area contributed by atoms with Crippen molar-refractivity contribution in [2.24, 2.45) is 0 Å². The molecule has 3 nitrogen and oxygen atoms in total. The van der Waals surface area contributed by atoms with Gasteiger partial charge in [-0.25, -0.2) is 0 Å². The molecular formula is C15H17N3. The van der Waals surface area contributed by atoms with E-state index in [0.29, 0.717) is 12.1 Å². The number of rotatable bonds is 4. The summed E-state index contributed by atoms with van der Waals surface area (Å²) < 4.78 is 0. The quantitative estimate of drug-likeness (QED) is 0.588. The summed E-state index contributed by atoms with van der Waals surface area (Å²) in [5.74, 6) is 0. The molecule has 0 unspecified atom stereocenters. The SMILES string of the molecule is CCN(Cc1ccccc1)C1=CCC(=[N+]=[N-])C=C1. The van der Waals surface area contributed by atoms with Gasteiger partial charge in [-0.15, -0.1) is 0 Å². The average molecular weight is 239 g/mol. The first-order valence-electron chi connectivity index (χ1n) is 6.21. The van der Waals surface area contributed by atoms with E-state index in [4.69, 9.17) is 5.53 Å². The number of hydrogen-bond acceptors (Lipinski definition) is 1. The third-order valence-corrected chi connectivity index (χ3v) is 3.06. The molecule has 0 atom stereocenters. The van der Waals surface area contributed by atoms with E-state index in [1.165, 1.54) is 11.3 Å². The summed E-state index contributed by atoms with van der Waals surface area (Å²) in [6, 6.07) is 10.4. The van der Waals surface area contributed by atoms with E-state index >= 15 is 0 Å². The van der Waals surface area contributed by atoms with Crippen LogP contribution in [0.15, 0.2) is 54.3 Å². The summed E-state index contributed by atoms with van der Waals surface area (Å²) >= 11 is 0. The van der Waals surface area contributed by atoms with Gasteiger partial charge in [-0.3, -0.25) is 0 Å². The molecule has 1 aliphatic carbocycles. The summed E-state index contributed by atoms with van der Waals surface area (Å²) in [7, 11) is 0. The second kappa shape index (κ2) is 5.99. The Labute approximate surface area is 108 Å². The van der Waals surface area contributed by atoms with Crippen molar-refractivity contribution in [1.82, 2.24) is 4.90 Å². The summed E-state index contributed by atoms with van der Waals surface area (Å²) in [6.07, 6.45) is 6.66. The summed E-state index contributed by atoms with van der Waals surface area (Å²) in [6.45, 7) is 4.00. The fraction of sp³-hybridized carbons (Fsp3) is 0.267. The van der Waals surface area contributed by atoms with Crippen LogP contribution in [0.2, 0.25) is 0 Å². The lowest BCUT2D eigenvalue weighted by molar-refractivity contribution is -0.00547. The molecule has 0 radical (unpaired) electrons. The Balaban J connectivity index is 2.09. The summed E-state index contributed by atoms with van der Waals surface area (Å²) in [5, 5.41) is 0. The summed E-state index contributed by atoms with van der Waals surface area (Å²) in [5.41, 5.74) is 11.9. The van der Waals surface area contributed by atoms with Gasteiger partial charge in [0, 0.05) is 24.9 Å². The molecule has 0 heterocycles. The Bertz CT molecular complexity index is 508. The van der Waals surface area contributed by atoms with Crippen LogP contribution in [0.3, 0.4) is 0 Å². The van der Waals surface area contributed by atoms with Gasteiger partial charge in [-0.05, 0) is 24.6 Å². The Kier molecular flexibility index (Phi) is 4.11. The molecule has 0 N–H and O–H groups in total. The van der Waals surface area contributed by atoms with Gasteiger partial charge >= 0.3 is 0 Å². The largest absolute Gasteiger partial charge is 0.368 e. The highest BCUT2D eigenvalue weighted by Crippen LogP contribution is 2.15. The summed E-state index contributed by atoms with van der Waals surface area (Å²) in [4.78, 5) is 5.52. The van der Waals surface area contributed by atoms with Crippen LogP contribution in [0.4, 0.5) is 0 Å². The molecule has 1 aromatic carbocycles. The molecule has 0 saturated carbocycles. The lowest BCUT2D eigenvalue weighted by atomic mass is 10.1. The van der Waals surface area contributed by atoms with E-state index in [9.17, 15) is 0 Å². The first kappa shape index (κ1) is 12.3. The van der Waals surface area contributed by atoms with E-state index < -0.39 is 0 Å². The van der Waals surface area contributed by atoms with Crippen molar-refractivity contribution in [3.8, 4) is 0 Å². The van der Waals surface area contributed by atoms with E-state index in [0.717, 1.165) is 13.1 Å². The van der Waals surface area contributed by atoms with Gasteiger partial charge in [0.15, 0.2) is 0 Å². The smallest absolute Gasteiger partial charge is 0.295 e. The minimum absolute atomic E-state index is 0.688. The van der Waals surface area contributed by atoms with Crippen molar-refractivity contribution in [3.05, 3.63) is 65.4 Å². The highest BCUT2D eigenvalue weighted by molar-refractivity contribution is 5.92. The predicted molar refractivity (Wildman–Crippen MR) is 73.0 cm³/mol. The Morgan fingerprint density at radius 3 is 2.56 bits per heavy atom. The van der Waals surface area contributed by atoms with Crippen molar-refractivity contribution >= 4 is 5.71 Å². The first-order valence-corrected chi connectivity index (χ1v) is 6.21. The van der Waals surface area contributed by atoms with E-state index in [1.807, 2.05) is 18.2 Å². The van der Waals surface area contributed by atoms with Gasteiger partial charge in [0.1, 0.15) is 0 Å². The van der Waals surface area contributed by atoms with Gasteiger partial charge in [0.25, 0.3) is 5.71 Å². The van der Waals surface area contributed by atoms with Crippen LogP contribution in [0.1, 0.15) is 18.9 Å². The molecule has 18 heavy (non-hydrogen) atoms. The van der Waals surface area contributed by atoms with Crippen molar-refractivity contribution < 1.29 is 4.79 Å². The third kappa shape index (κ3) is 2.96. The number of benzene rings is 1. The van der Waals surface area contributed by atoms with Crippen molar-refractivity contribution in [2.45, 2.75) is 19.9 Å². The Hall–Kier alpha value is -2.12. The van der Waals surface area contributed by atoms with E-state index in [1.54, 1.807) is 0 Å². The number of hydrogen-bond donors (Lipinski definition) is 0. The molecule has 92 valence electrons. The van der Waals surface area contributed by atoms with Gasteiger partial charge in [-0.2, -0.15) is 4.79 Å². The van der Waals surface area contributed by atoms with Crippen LogP contribution in [-0.2, 0) is 6.54 Å². The van der Waals surface area contributed by atoms with Crippen LogP contribution in [0.25, 0.3) is 5.53 Å². The molecule has 0 aromatic heterocycles. The molecule has 0 spiro atoms. The number of nitrogens with zero attached hydrogens (tertiary/aromatic N) is 3. The second-order valence-corrected chi connectivity index (χ2v) is 4.26. The highest BCUT2D eigenvalue weighted by Gasteiger charge is 2.12.